The van der Waals surface area contributed by atoms with Gasteiger partial charge in [-0.3, -0.25) is 0 Å². The summed E-state index contributed by atoms with van der Waals surface area (Å²) in [5, 5.41) is 10.0. The molecule has 0 fully saturated rings. The second-order valence-corrected chi connectivity index (χ2v) is 22.1. The molecule has 2 nitrogen and oxygen atoms in total. The summed E-state index contributed by atoms with van der Waals surface area (Å²) >= 11 is 0. The van der Waals surface area contributed by atoms with Crippen molar-refractivity contribution in [2.75, 3.05) is 4.90 Å². The lowest BCUT2D eigenvalue weighted by molar-refractivity contribution is 0.590. The average Bonchev–Trinajstić information content (AvgIpc) is 3.77. The van der Waals surface area contributed by atoms with Gasteiger partial charge < -0.3 is 9.47 Å². The molecular formula is C72H58N2. The molecule has 1 aromatic heterocycles. The van der Waals surface area contributed by atoms with E-state index in [4.69, 9.17) is 0 Å². The van der Waals surface area contributed by atoms with Crippen molar-refractivity contribution in [2.24, 2.45) is 0 Å². The minimum Gasteiger partial charge on any atom is -0.309 e. The minimum absolute atomic E-state index is 0.0143. The van der Waals surface area contributed by atoms with E-state index in [9.17, 15) is 0 Å². The summed E-state index contributed by atoms with van der Waals surface area (Å²) in [4.78, 5) is 2.55. The number of benzene rings is 12. The molecule has 356 valence electrons. The summed E-state index contributed by atoms with van der Waals surface area (Å²) in [6.45, 7) is 13.9. The lowest BCUT2D eigenvalue weighted by atomic mass is 9.85. The zero-order valence-corrected chi connectivity index (χ0v) is 43.0. The van der Waals surface area contributed by atoms with E-state index < -0.39 is 0 Å². The van der Waals surface area contributed by atoms with Crippen LogP contribution in [0.4, 0.5) is 17.1 Å². The Morgan fingerprint density at radius 1 is 0.297 bits per heavy atom. The highest BCUT2D eigenvalue weighted by Gasteiger charge is 2.27. The van der Waals surface area contributed by atoms with Crippen LogP contribution in [0.5, 0.6) is 0 Å². The first-order valence-electron chi connectivity index (χ1n) is 26.1. The number of nitrogens with zero attached hydrogens (tertiary/aromatic N) is 2. The molecule has 0 aliphatic rings. The lowest BCUT2D eigenvalue weighted by Crippen LogP contribution is -2.13. The van der Waals surface area contributed by atoms with Crippen molar-refractivity contribution in [3.63, 3.8) is 0 Å². The molecule has 74 heavy (non-hydrogen) atoms. The van der Waals surface area contributed by atoms with E-state index in [1.54, 1.807) is 0 Å². The van der Waals surface area contributed by atoms with Crippen LogP contribution in [0.25, 0.3) is 104 Å². The van der Waals surface area contributed by atoms with Gasteiger partial charge in [-0.25, -0.2) is 0 Å². The normalized spacial score (nSPS) is 12.2. The fourth-order valence-electron chi connectivity index (χ4n) is 11.7. The van der Waals surface area contributed by atoms with Gasteiger partial charge in [-0.05, 0) is 125 Å². The Hall–Kier alpha value is -8.72. The highest BCUT2D eigenvalue weighted by Crippen LogP contribution is 2.51. The first-order chi connectivity index (χ1) is 36.0. The van der Waals surface area contributed by atoms with Crippen LogP contribution in [-0.2, 0) is 10.8 Å². The molecule has 1 heterocycles. The Kier molecular flexibility index (Phi) is 10.7. The van der Waals surface area contributed by atoms with E-state index in [1.807, 2.05) is 0 Å². The van der Waals surface area contributed by atoms with Gasteiger partial charge in [-0.15, -0.1) is 0 Å². The predicted octanol–water partition coefficient (Wildman–Crippen LogP) is 20.4. The number of hydrogen-bond acceptors (Lipinski definition) is 1. The van der Waals surface area contributed by atoms with Crippen LogP contribution in [0.1, 0.15) is 52.7 Å². The SMILES string of the molecule is CC(C)(C)c1ccc2c(c1)c1cc(C(C)(C)C)ccc1n2-c1ccc2ccc3c(N(c4ccccc4-c4ccccc4-c4ccccc4)c4ccccc4-c4ccccc4-c4ccccc4)ccc4ccc1c2c43. The summed E-state index contributed by atoms with van der Waals surface area (Å²) < 4.78 is 2.53. The van der Waals surface area contributed by atoms with Crippen LogP contribution in [0.2, 0.25) is 0 Å². The molecule has 0 saturated carbocycles. The first-order valence-corrected chi connectivity index (χ1v) is 26.1. The third-order valence-corrected chi connectivity index (χ3v) is 15.5. The van der Waals surface area contributed by atoms with Crippen LogP contribution in [0.15, 0.2) is 243 Å². The predicted molar refractivity (Wildman–Crippen MR) is 318 cm³/mol. The molecule has 0 atom stereocenters. The maximum Gasteiger partial charge on any atom is 0.0541 e. The molecule has 0 aliphatic heterocycles. The van der Waals surface area contributed by atoms with E-state index >= 15 is 0 Å². The van der Waals surface area contributed by atoms with Crippen molar-refractivity contribution < 1.29 is 0 Å². The highest BCUT2D eigenvalue weighted by molar-refractivity contribution is 6.28. The second-order valence-electron chi connectivity index (χ2n) is 22.1. The highest BCUT2D eigenvalue weighted by atomic mass is 15.1. The molecule has 0 bridgehead atoms. The maximum absolute atomic E-state index is 2.55. The Labute approximate surface area is 434 Å². The number of fused-ring (bicyclic) bond motifs is 3. The van der Waals surface area contributed by atoms with Crippen LogP contribution in [-0.4, -0.2) is 4.57 Å². The van der Waals surface area contributed by atoms with Gasteiger partial charge in [-0.2, -0.15) is 0 Å². The molecule has 13 aromatic rings. The quantitative estimate of drug-likeness (QED) is 0.138. The minimum atomic E-state index is 0.0143. The van der Waals surface area contributed by atoms with Gasteiger partial charge in [0.05, 0.1) is 33.8 Å². The molecule has 13 rings (SSSR count). The van der Waals surface area contributed by atoms with E-state index in [2.05, 4.69) is 294 Å². The van der Waals surface area contributed by atoms with Crippen LogP contribution in [0, 0.1) is 0 Å². The molecule has 0 spiro atoms. The monoisotopic (exact) mass is 950 g/mol. The zero-order valence-electron chi connectivity index (χ0n) is 43.0. The standard InChI is InChI=1S/C72H58N2/c1-71(2,3)51-37-43-67-61(45-51)62-46-52(72(4,5)6)38-44-68(62)74(67)66-42-36-50-33-39-59-65(41-35-49-34-40-60(66)70(50)69(49)59)73(63-31-19-17-29-57(63)55-27-15-13-25-53(55)47-21-9-7-10-22-47)64-32-20-18-30-58(64)56-28-16-14-26-54(56)48-23-11-8-12-24-48/h7-46H,1-6H3. The summed E-state index contributed by atoms with van der Waals surface area (Å²) in [5.41, 5.74) is 19.1. The lowest BCUT2D eigenvalue weighted by Gasteiger charge is -2.32. The molecule has 0 amide bonds. The molecule has 0 N–H and O–H groups in total. The van der Waals surface area contributed by atoms with Gasteiger partial charge in [-0.1, -0.05) is 236 Å². The smallest absolute Gasteiger partial charge is 0.0541 e. The van der Waals surface area contributed by atoms with Crippen molar-refractivity contribution in [2.45, 2.75) is 52.4 Å². The van der Waals surface area contributed by atoms with Gasteiger partial charge in [0.2, 0.25) is 0 Å². The Bertz CT molecular complexity index is 4060. The number of aromatic nitrogens is 1. The van der Waals surface area contributed by atoms with E-state index in [0.717, 1.165) is 28.2 Å². The van der Waals surface area contributed by atoms with Crippen molar-refractivity contribution in [3.8, 4) is 50.2 Å². The molecule has 0 unspecified atom stereocenters. The molecule has 0 radical (unpaired) electrons. The van der Waals surface area contributed by atoms with Gasteiger partial charge in [0.1, 0.15) is 0 Å². The number of rotatable bonds is 8. The van der Waals surface area contributed by atoms with E-state index in [-0.39, 0.29) is 10.8 Å². The number of anilines is 3. The van der Waals surface area contributed by atoms with Crippen molar-refractivity contribution >= 4 is 71.2 Å². The molecule has 12 aromatic carbocycles. The molecular weight excluding hydrogens is 893 g/mol. The van der Waals surface area contributed by atoms with Gasteiger partial charge in [0.25, 0.3) is 0 Å². The summed E-state index contributed by atoms with van der Waals surface area (Å²) in [5.74, 6) is 0. The molecule has 0 aliphatic carbocycles. The third-order valence-electron chi connectivity index (χ3n) is 15.5. The topological polar surface area (TPSA) is 8.17 Å². The van der Waals surface area contributed by atoms with Crippen molar-refractivity contribution in [1.82, 2.24) is 4.57 Å². The van der Waals surface area contributed by atoms with Crippen LogP contribution in [0.3, 0.4) is 0 Å². The van der Waals surface area contributed by atoms with Crippen LogP contribution < -0.4 is 4.90 Å². The first kappa shape index (κ1) is 45.2. The van der Waals surface area contributed by atoms with Gasteiger partial charge in [0.15, 0.2) is 0 Å². The van der Waals surface area contributed by atoms with Gasteiger partial charge >= 0.3 is 0 Å². The zero-order chi connectivity index (χ0) is 50.3. The Balaban J connectivity index is 1.09. The van der Waals surface area contributed by atoms with Crippen molar-refractivity contribution in [3.05, 3.63) is 254 Å². The molecule has 2 heteroatoms. The summed E-state index contributed by atoms with van der Waals surface area (Å²) in [6.07, 6.45) is 0. The van der Waals surface area contributed by atoms with E-state index in [1.165, 1.54) is 104 Å². The third kappa shape index (κ3) is 7.47. The second kappa shape index (κ2) is 17.5. The molecule has 0 saturated heterocycles. The summed E-state index contributed by atoms with van der Waals surface area (Å²) in [7, 11) is 0. The number of hydrogen-bond donors (Lipinski definition) is 0. The number of para-hydroxylation sites is 2. The Morgan fingerprint density at radius 2 is 0.689 bits per heavy atom. The fourth-order valence-corrected chi connectivity index (χ4v) is 11.7. The average molecular weight is 951 g/mol. The fraction of sp³-hybridized carbons (Fsp3) is 0.111. The van der Waals surface area contributed by atoms with Crippen molar-refractivity contribution in [1.29, 1.82) is 0 Å². The van der Waals surface area contributed by atoms with E-state index in [0.29, 0.717) is 0 Å². The van der Waals surface area contributed by atoms with Crippen LogP contribution >= 0.6 is 0 Å². The largest absolute Gasteiger partial charge is 0.309 e. The summed E-state index contributed by atoms with van der Waals surface area (Å²) in [6, 6.07) is 90.4. The maximum atomic E-state index is 2.55. The van der Waals surface area contributed by atoms with Gasteiger partial charge in [0, 0.05) is 32.7 Å². The Morgan fingerprint density at radius 3 is 1.18 bits per heavy atom.